The van der Waals surface area contributed by atoms with Gasteiger partial charge in [0, 0.05) is 52.7 Å². The van der Waals surface area contributed by atoms with Crippen molar-refractivity contribution in [3.63, 3.8) is 0 Å². The molecule has 9 nitrogen and oxygen atoms in total. The van der Waals surface area contributed by atoms with E-state index in [-0.39, 0.29) is 11.8 Å². The summed E-state index contributed by atoms with van der Waals surface area (Å²) < 4.78 is 7.44. The number of amides is 2. The number of hydrogen-bond donors (Lipinski definition) is 0. The molecule has 2 fully saturated rings. The first-order valence-corrected chi connectivity index (χ1v) is 10.0. The lowest BCUT2D eigenvalue weighted by Gasteiger charge is -2.34. The van der Waals surface area contributed by atoms with E-state index in [4.69, 9.17) is 4.74 Å². The lowest BCUT2D eigenvalue weighted by molar-refractivity contribution is -0.136. The molecule has 2 saturated heterocycles. The molecule has 0 aromatic carbocycles. The smallest absolute Gasteiger partial charge is 0.233 e. The summed E-state index contributed by atoms with van der Waals surface area (Å²) in [6, 6.07) is 0. The van der Waals surface area contributed by atoms with Crippen LogP contribution in [0, 0.1) is 0 Å². The molecule has 0 spiro atoms. The van der Waals surface area contributed by atoms with Crippen LogP contribution in [-0.4, -0.2) is 94.6 Å². The Morgan fingerprint density at radius 2 is 1.69 bits per heavy atom. The summed E-state index contributed by atoms with van der Waals surface area (Å²) in [7, 11) is 0. The van der Waals surface area contributed by atoms with Crippen molar-refractivity contribution in [3.8, 4) is 0 Å². The maximum absolute atomic E-state index is 12.5. The molecule has 2 amide bonds. The zero-order chi connectivity index (χ0) is 18.5. The minimum Gasteiger partial charge on any atom is -0.378 e. The van der Waals surface area contributed by atoms with Gasteiger partial charge in [-0.05, 0) is 6.92 Å². The molecule has 10 heteroatoms. The van der Waals surface area contributed by atoms with Gasteiger partial charge in [0.05, 0.1) is 19.0 Å². The number of aromatic nitrogens is 3. The number of anilines is 1. The normalized spacial score (nSPS) is 18.3. The van der Waals surface area contributed by atoms with E-state index in [1.165, 1.54) is 11.8 Å². The largest absolute Gasteiger partial charge is 0.378 e. The van der Waals surface area contributed by atoms with Crippen molar-refractivity contribution >= 4 is 29.5 Å². The molecule has 0 aliphatic carbocycles. The molecule has 3 heterocycles. The fraction of sp³-hybridized carbons (Fsp3) is 0.750. The topological polar surface area (TPSA) is 83.8 Å². The minimum atomic E-state index is 0.0677. The quantitative estimate of drug-likeness (QED) is 0.659. The molecular formula is C16H26N6O3S. The molecule has 0 unspecified atom stereocenters. The van der Waals surface area contributed by atoms with Gasteiger partial charge in [-0.3, -0.25) is 14.2 Å². The Morgan fingerprint density at radius 3 is 2.31 bits per heavy atom. The van der Waals surface area contributed by atoms with Crippen molar-refractivity contribution < 1.29 is 14.3 Å². The van der Waals surface area contributed by atoms with Gasteiger partial charge >= 0.3 is 0 Å². The van der Waals surface area contributed by atoms with Gasteiger partial charge in [-0.2, -0.15) is 0 Å². The standard InChI is InChI=1S/C16H26N6O3S/c1-3-22-15(21-8-10-25-11-9-21)17-18-16(22)26-12-14(24)20-6-4-19(5-7-20)13(2)23/h3-12H2,1-2H3. The third-order valence-electron chi connectivity index (χ3n) is 4.71. The molecule has 3 rings (SSSR count). The molecule has 0 saturated carbocycles. The fourth-order valence-corrected chi connectivity index (χ4v) is 4.05. The number of carbonyl (C=O) groups is 2. The second-order valence-corrected chi connectivity index (χ2v) is 7.24. The second kappa shape index (κ2) is 8.72. The lowest BCUT2D eigenvalue weighted by atomic mass is 10.3. The van der Waals surface area contributed by atoms with Crippen molar-refractivity contribution in [3.05, 3.63) is 0 Å². The average molecular weight is 382 g/mol. The fourth-order valence-electron chi connectivity index (χ4n) is 3.15. The van der Waals surface area contributed by atoms with Crippen molar-refractivity contribution in [1.29, 1.82) is 0 Å². The third-order valence-corrected chi connectivity index (χ3v) is 5.66. The zero-order valence-corrected chi connectivity index (χ0v) is 16.2. The molecule has 2 aliphatic heterocycles. The van der Waals surface area contributed by atoms with Gasteiger partial charge in [-0.25, -0.2) is 0 Å². The van der Waals surface area contributed by atoms with Crippen LogP contribution in [0.3, 0.4) is 0 Å². The van der Waals surface area contributed by atoms with E-state index in [9.17, 15) is 9.59 Å². The van der Waals surface area contributed by atoms with Gasteiger partial charge < -0.3 is 19.4 Å². The van der Waals surface area contributed by atoms with Gasteiger partial charge in [0.1, 0.15) is 0 Å². The zero-order valence-electron chi connectivity index (χ0n) is 15.4. The number of carbonyl (C=O) groups excluding carboxylic acids is 2. The summed E-state index contributed by atoms with van der Waals surface area (Å²) in [6.45, 7) is 9.80. The molecule has 26 heavy (non-hydrogen) atoms. The Kier molecular flexibility index (Phi) is 6.36. The first-order valence-electron chi connectivity index (χ1n) is 9.02. The number of nitrogens with zero attached hydrogens (tertiary/aromatic N) is 6. The Hall–Kier alpha value is -1.81. The molecule has 1 aromatic heterocycles. The van der Waals surface area contributed by atoms with Crippen LogP contribution in [-0.2, 0) is 20.9 Å². The number of rotatable bonds is 5. The summed E-state index contributed by atoms with van der Waals surface area (Å²) in [4.78, 5) is 29.6. The highest BCUT2D eigenvalue weighted by Gasteiger charge is 2.24. The van der Waals surface area contributed by atoms with Crippen LogP contribution in [0.4, 0.5) is 5.95 Å². The number of ether oxygens (including phenoxy) is 1. The van der Waals surface area contributed by atoms with Gasteiger partial charge in [0.15, 0.2) is 5.16 Å². The Labute approximate surface area is 157 Å². The number of thioether (sulfide) groups is 1. The van der Waals surface area contributed by atoms with Gasteiger partial charge in [0.2, 0.25) is 17.8 Å². The van der Waals surface area contributed by atoms with E-state index in [0.717, 1.165) is 30.7 Å². The Morgan fingerprint density at radius 1 is 1.04 bits per heavy atom. The van der Waals surface area contributed by atoms with Crippen LogP contribution < -0.4 is 4.90 Å². The van der Waals surface area contributed by atoms with E-state index in [2.05, 4.69) is 26.6 Å². The summed E-state index contributed by atoms with van der Waals surface area (Å²) in [5.41, 5.74) is 0. The Balaban J connectivity index is 1.55. The molecule has 0 atom stereocenters. The molecular weight excluding hydrogens is 356 g/mol. The van der Waals surface area contributed by atoms with E-state index < -0.39 is 0 Å². The van der Waals surface area contributed by atoms with Gasteiger partial charge in [-0.1, -0.05) is 11.8 Å². The Bertz CT molecular complexity index is 638. The second-order valence-electron chi connectivity index (χ2n) is 6.30. The maximum Gasteiger partial charge on any atom is 0.233 e. The van der Waals surface area contributed by atoms with Crippen molar-refractivity contribution in [2.24, 2.45) is 0 Å². The monoisotopic (exact) mass is 382 g/mol. The number of morpholine rings is 1. The summed E-state index contributed by atoms with van der Waals surface area (Å²) >= 11 is 1.42. The maximum atomic E-state index is 12.5. The van der Waals surface area contributed by atoms with Gasteiger partial charge in [0.25, 0.3) is 0 Å². The van der Waals surface area contributed by atoms with Crippen LogP contribution in [0.15, 0.2) is 5.16 Å². The molecule has 1 aromatic rings. The van der Waals surface area contributed by atoms with Crippen LogP contribution in [0.25, 0.3) is 0 Å². The van der Waals surface area contributed by atoms with Crippen LogP contribution in [0.1, 0.15) is 13.8 Å². The molecule has 2 aliphatic rings. The van der Waals surface area contributed by atoms with E-state index >= 15 is 0 Å². The highest BCUT2D eigenvalue weighted by atomic mass is 32.2. The highest BCUT2D eigenvalue weighted by Crippen LogP contribution is 2.23. The van der Waals surface area contributed by atoms with E-state index in [1.807, 2.05) is 4.90 Å². The van der Waals surface area contributed by atoms with Gasteiger partial charge in [-0.15, -0.1) is 10.2 Å². The van der Waals surface area contributed by atoms with Crippen molar-refractivity contribution in [2.45, 2.75) is 25.5 Å². The molecule has 0 N–H and O–H groups in total. The SMILES string of the molecule is CCn1c(SCC(=O)N2CCN(C(C)=O)CC2)nnc1N1CCOCC1. The summed E-state index contributed by atoms with van der Waals surface area (Å²) in [5.74, 6) is 1.33. The van der Waals surface area contributed by atoms with Crippen LogP contribution >= 0.6 is 11.8 Å². The number of piperazine rings is 1. The number of hydrogen-bond acceptors (Lipinski definition) is 7. The van der Waals surface area contributed by atoms with Crippen LogP contribution in [0.2, 0.25) is 0 Å². The summed E-state index contributed by atoms with van der Waals surface area (Å²) in [6.07, 6.45) is 0. The predicted octanol–water partition coefficient (Wildman–Crippen LogP) is -0.0826. The first kappa shape index (κ1) is 19.0. The predicted molar refractivity (Wildman–Crippen MR) is 98.3 cm³/mol. The molecule has 0 radical (unpaired) electrons. The lowest BCUT2D eigenvalue weighted by Crippen LogP contribution is -2.50. The van der Waals surface area contributed by atoms with E-state index in [0.29, 0.717) is 45.1 Å². The van der Waals surface area contributed by atoms with Crippen LogP contribution in [0.5, 0.6) is 0 Å². The van der Waals surface area contributed by atoms with Crippen molar-refractivity contribution in [1.82, 2.24) is 24.6 Å². The minimum absolute atomic E-state index is 0.0677. The van der Waals surface area contributed by atoms with E-state index in [1.54, 1.807) is 11.8 Å². The average Bonchev–Trinajstić information content (AvgIpc) is 3.09. The molecule has 144 valence electrons. The van der Waals surface area contributed by atoms with Crippen molar-refractivity contribution in [2.75, 3.05) is 63.1 Å². The summed E-state index contributed by atoms with van der Waals surface area (Å²) in [5, 5.41) is 9.38. The highest BCUT2D eigenvalue weighted by molar-refractivity contribution is 7.99. The molecule has 0 bridgehead atoms. The third kappa shape index (κ3) is 4.29. The first-order chi connectivity index (χ1) is 12.6.